The summed E-state index contributed by atoms with van der Waals surface area (Å²) in [5, 5.41) is 3.55. The van der Waals surface area contributed by atoms with Crippen molar-refractivity contribution in [3.8, 4) is 5.75 Å². The number of methoxy groups -OCH3 is 1. The number of carbonyl (C=O) groups excluding carboxylic acids is 1. The van der Waals surface area contributed by atoms with E-state index in [1.165, 1.54) is 5.56 Å². The maximum Gasteiger partial charge on any atom is 0.262 e. The number of hydrogen-bond donors (Lipinski definition) is 1. The van der Waals surface area contributed by atoms with Crippen LogP contribution in [0, 0.1) is 0 Å². The van der Waals surface area contributed by atoms with Crippen molar-refractivity contribution in [2.24, 2.45) is 0 Å². The number of nitrogens with zero attached hydrogens (tertiary/aromatic N) is 1. The Morgan fingerprint density at radius 2 is 1.55 bits per heavy atom. The van der Waals surface area contributed by atoms with Crippen LogP contribution in [0.2, 0.25) is 0 Å². The molecule has 148 valence electrons. The van der Waals surface area contributed by atoms with Crippen LogP contribution < -0.4 is 15.0 Å². The minimum atomic E-state index is -0.292. The molecule has 0 saturated carbocycles. The zero-order valence-electron chi connectivity index (χ0n) is 17.3. The molecule has 4 rings (SSSR count). The Balaban J connectivity index is 1.79. The lowest BCUT2D eigenvalue weighted by Gasteiger charge is -2.38. The molecule has 1 atom stereocenters. The third-order valence-electron chi connectivity index (χ3n) is 5.37. The first kappa shape index (κ1) is 19.1. The van der Waals surface area contributed by atoms with Gasteiger partial charge in [-0.15, -0.1) is 0 Å². The van der Waals surface area contributed by atoms with Gasteiger partial charge in [0.1, 0.15) is 11.9 Å². The Morgan fingerprint density at radius 1 is 0.897 bits per heavy atom. The number of rotatable bonds is 3. The van der Waals surface area contributed by atoms with E-state index < -0.39 is 0 Å². The fraction of sp³-hybridized carbons (Fsp3) is 0.240. The average Bonchev–Trinajstić information content (AvgIpc) is 2.73. The minimum Gasteiger partial charge on any atom is -0.497 e. The molecule has 0 aliphatic carbocycles. The first-order valence-corrected chi connectivity index (χ1v) is 9.82. The van der Waals surface area contributed by atoms with Crippen molar-refractivity contribution in [3.63, 3.8) is 0 Å². The topological polar surface area (TPSA) is 41.6 Å². The summed E-state index contributed by atoms with van der Waals surface area (Å²) in [6, 6.07) is 23.8. The van der Waals surface area contributed by atoms with Crippen molar-refractivity contribution in [2.75, 3.05) is 17.3 Å². The van der Waals surface area contributed by atoms with E-state index in [4.69, 9.17) is 4.74 Å². The molecule has 0 bridgehead atoms. The van der Waals surface area contributed by atoms with Crippen LogP contribution in [0.4, 0.5) is 11.4 Å². The van der Waals surface area contributed by atoms with E-state index in [0.29, 0.717) is 5.56 Å². The normalized spacial score (nSPS) is 16.2. The highest BCUT2D eigenvalue weighted by Crippen LogP contribution is 2.37. The number of para-hydroxylation sites is 1. The molecule has 1 aliphatic heterocycles. The fourth-order valence-electron chi connectivity index (χ4n) is 3.66. The van der Waals surface area contributed by atoms with E-state index >= 15 is 0 Å². The van der Waals surface area contributed by atoms with Gasteiger partial charge in [-0.1, -0.05) is 57.2 Å². The van der Waals surface area contributed by atoms with Gasteiger partial charge in [-0.05, 0) is 52.9 Å². The molecule has 0 spiro atoms. The molecule has 4 heteroatoms. The number of carbonyl (C=O) groups is 1. The molecule has 29 heavy (non-hydrogen) atoms. The number of benzene rings is 3. The Bertz CT molecular complexity index is 1020. The number of amides is 1. The predicted molar refractivity (Wildman–Crippen MR) is 118 cm³/mol. The predicted octanol–water partition coefficient (Wildman–Crippen LogP) is 5.76. The van der Waals surface area contributed by atoms with E-state index in [9.17, 15) is 4.79 Å². The lowest BCUT2D eigenvalue weighted by molar-refractivity contribution is 0.0975. The van der Waals surface area contributed by atoms with Gasteiger partial charge in [0.05, 0.1) is 12.7 Å². The van der Waals surface area contributed by atoms with Gasteiger partial charge in [0, 0.05) is 11.4 Å². The third kappa shape index (κ3) is 3.58. The van der Waals surface area contributed by atoms with E-state index in [2.05, 4.69) is 50.4 Å². The smallest absolute Gasteiger partial charge is 0.262 e. The van der Waals surface area contributed by atoms with Gasteiger partial charge < -0.3 is 10.1 Å². The van der Waals surface area contributed by atoms with Crippen molar-refractivity contribution >= 4 is 17.3 Å². The first-order valence-electron chi connectivity index (χ1n) is 9.82. The Kier molecular flexibility index (Phi) is 4.79. The van der Waals surface area contributed by atoms with E-state index in [0.717, 1.165) is 22.7 Å². The molecule has 0 saturated heterocycles. The van der Waals surface area contributed by atoms with Crippen LogP contribution >= 0.6 is 0 Å². The molecular formula is C25H26N2O2. The molecule has 3 aromatic carbocycles. The monoisotopic (exact) mass is 386 g/mol. The van der Waals surface area contributed by atoms with Crippen LogP contribution in [0.15, 0.2) is 72.8 Å². The maximum absolute atomic E-state index is 13.4. The van der Waals surface area contributed by atoms with Crippen molar-refractivity contribution < 1.29 is 9.53 Å². The molecule has 4 nitrogen and oxygen atoms in total. The highest BCUT2D eigenvalue weighted by Gasteiger charge is 2.34. The SMILES string of the molecule is COc1ccc(N2C(=O)c3ccccc3N[C@H]2c2ccc(C(C)(C)C)cc2)cc1. The van der Waals surface area contributed by atoms with Gasteiger partial charge in [0.15, 0.2) is 0 Å². The van der Waals surface area contributed by atoms with Gasteiger partial charge in [0.25, 0.3) is 5.91 Å². The summed E-state index contributed by atoms with van der Waals surface area (Å²) in [5.41, 5.74) is 4.73. The van der Waals surface area contributed by atoms with Crippen LogP contribution in [-0.2, 0) is 5.41 Å². The van der Waals surface area contributed by atoms with Crippen molar-refractivity contribution in [1.29, 1.82) is 0 Å². The number of anilines is 2. The second-order valence-corrected chi connectivity index (χ2v) is 8.34. The minimum absolute atomic E-state index is 0.0191. The van der Waals surface area contributed by atoms with Gasteiger partial charge in [-0.3, -0.25) is 9.69 Å². The van der Waals surface area contributed by atoms with Gasteiger partial charge in [-0.2, -0.15) is 0 Å². The van der Waals surface area contributed by atoms with Crippen LogP contribution in [-0.4, -0.2) is 13.0 Å². The second-order valence-electron chi connectivity index (χ2n) is 8.34. The lowest BCUT2D eigenvalue weighted by Crippen LogP contribution is -2.43. The van der Waals surface area contributed by atoms with Gasteiger partial charge in [-0.25, -0.2) is 0 Å². The molecule has 1 aliphatic rings. The largest absolute Gasteiger partial charge is 0.497 e. The average molecular weight is 386 g/mol. The third-order valence-corrected chi connectivity index (χ3v) is 5.37. The standard InChI is InChI=1S/C25H26N2O2/c1-25(2,3)18-11-9-17(10-12-18)23-26-22-8-6-5-7-21(22)24(28)27(23)19-13-15-20(29-4)16-14-19/h5-16,23,26H,1-4H3/t23-/m1/s1. The first-order chi connectivity index (χ1) is 13.9. The Labute approximate surface area is 172 Å². The molecular weight excluding hydrogens is 360 g/mol. The van der Waals surface area contributed by atoms with E-state index in [-0.39, 0.29) is 17.5 Å². The number of ether oxygens (including phenoxy) is 1. The molecule has 1 N–H and O–H groups in total. The summed E-state index contributed by atoms with van der Waals surface area (Å²) in [6.45, 7) is 6.60. The van der Waals surface area contributed by atoms with E-state index in [1.807, 2.05) is 53.4 Å². The number of nitrogens with one attached hydrogen (secondary N) is 1. The highest BCUT2D eigenvalue weighted by atomic mass is 16.5. The van der Waals surface area contributed by atoms with Crippen LogP contribution in [0.25, 0.3) is 0 Å². The van der Waals surface area contributed by atoms with Crippen LogP contribution in [0.3, 0.4) is 0 Å². The highest BCUT2D eigenvalue weighted by molar-refractivity contribution is 6.12. The second kappa shape index (κ2) is 7.28. The summed E-state index contributed by atoms with van der Waals surface area (Å²) < 4.78 is 5.28. The summed E-state index contributed by atoms with van der Waals surface area (Å²) in [7, 11) is 1.64. The Morgan fingerprint density at radius 3 is 2.17 bits per heavy atom. The Hall–Kier alpha value is -3.27. The summed E-state index contributed by atoms with van der Waals surface area (Å²) in [4.78, 5) is 15.2. The van der Waals surface area contributed by atoms with Gasteiger partial charge in [0.2, 0.25) is 0 Å². The summed E-state index contributed by atoms with van der Waals surface area (Å²) >= 11 is 0. The van der Waals surface area contributed by atoms with Crippen molar-refractivity contribution in [1.82, 2.24) is 0 Å². The van der Waals surface area contributed by atoms with E-state index in [1.54, 1.807) is 7.11 Å². The molecule has 0 fully saturated rings. The quantitative estimate of drug-likeness (QED) is 0.622. The molecule has 1 heterocycles. The molecule has 0 radical (unpaired) electrons. The molecule has 3 aromatic rings. The molecule has 1 amide bonds. The van der Waals surface area contributed by atoms with Crippen molar-refractivity contribution in [3.05, 3.63) is 89.5 Å². The summed E-state index contributed by atoms with van der Waals surface area (Å²) in [6.07, 6.45) is -0.292. The van der Waals surface area contributed by atoms with Crippen molar-refractivity contribution in [2.45, 2.75) is 32.4 Å². The van der Waals surface area contributed by atoms with Gasteiger partial charge >= 0.3 is 0 Å². The zero-order valence-corrected chi connectivity index (χ0v) is 17.3. The van der Waals surface area contributed by atoms with Crippen LogP contribution in [0.5, 0.6) is 5.75 Å². The molecule has 0 unspecified atom stereocenters. The van der Waals surface area contributed by atoms with Crippen LogP contribution in [0.1, 0.15) is 48.4 Å². The summed E-state index contributed by atoms with van der Waals surface area (Å²) in [5.74, 6) is 0.743. The zero-order chi connectivity index (χ0) is 20.6. The number of fused-ring (bicyclic) bond motifs is 1. The lowest BCUT2D eigenvalue weighted by atomic mass is 9.86. The number of hydrogen-bond acceptors (Lipinski definition) is 3. The maximum atomic E-state index is 13.4. The fourth-order valence-corrected chi connectivity index (χ4v) is 3.66. The molecule has 0 aromatic heterocycles.